The highest BCUT2D eigenvalue weighted by Gasteiger charge is 2.36. The van der Waals surface area contributed by atoms with Crippen LogP contribution in [0.25, 0.3) is 98.6 Å². The molecule has 274 valence electrons. The largest absolute Gasteiger partial charge is 0.228 e. The maximum Gasteiger partial charge on any atom is 0.160 e. The van der Waals surface area contributed by atoms with Crippen molar-refractivity contribution in [1.82, 2.24) is 9.97 Å². The second-order valence-electron chi connectivity index (χ2n) is 15.8. The van der Waals surface area contributed by atoms with Gasteiger partial charge in [-0.3, -0.25) is 0 Å². The van der Waals surface area contributed by atoms with Gasteiger partial charge in [0.25, 0.3) is 0 Å². The van der Waals surface area contributed by atoms with E-state index in [2.05, 4.69) is 184 Å². The third-order valence-corrected chi connectivity index (χ3v) is 13.1. The van der Waals surface area contributed by atoms with E-state index >= 15 is 0 Å². The van der Waals surface area contributed by atoms with Gasteiger partial charge in [-0.15, -0.1) is 11.3 Å². The summed E-state index contributed by atoms with van der Waals surface area (Å²) >= 11 is 1.85. The summed E-state index contributed by atoms with van der Waals surface area (Å²) in [6.07, 6.45) is 0. The Morgan fingerprint density at radius 2 is 0.931 bits per heavy atom. The van der Waals surface area contributed by atoms with E-state index in [0.29, 0.717) is 5.82 Å². The predicted molar refractivity (Wildman–Crippen MR) is 245 cm³/mol. The third kappa shape index (κ3) is 5.78. The van der Waals surface area contributed by atoms with Crippen LogP contribution in [0.15, 0.2) is 194 Å². The standard InChI is InChI=1S/C55H38N2S/c1-55(2)47-21-11-9-19-45(47)53-43(20-13-22-48(53)55)36-26-24-35(25-27-36)40-30-41(39-28-29-52-46(33-39)44-18-10-12-23-51(44)58-52)32-42(31-40)50-34-49(37-14-5-3-6-15-37)56-54(57-50)38-16-7-4-8-17-38/h3-34H,1-2H3. The first-order valence-electron chi connectivity index (χ1n) is 19.9. The van der Waals surface area contributed by atoms with Crippen LogP contribution in [0.5, 0.6) is 0 Å². The minimum atomic E-state index is -0.0429. The molecule has 0 saturated heterocycles. The van der Waals surface area contributed by atoms with Crippen molar-refractivity contribution >= 4 is 31.5 Å². The van der Waals surface area contributed by atoms with Gasteiger partial charge in [-0.25, -0.2) is 9.97 Å². The topological polar surface area (TPSA) is 25.8 Å². The second kappa shape index (κ2) is 13.6. The molecule has 0 saturated carbocycles. The van der Waals surface area contributed by atoms with Crippen molar-refractivity contribution < 1.29 is 0 Å². The highest BCUT2D eigenvalue weighted by atomic mass is 32.1. The Kier molecular flexibility index (Phi) is 8.06. The molecule has 0 amide bonds. The molecular formula is C55H38N2S. The van der Waals surface area contributed by atoms with Crippen molar-refractivity contribution in [2.24, 2.45) is 0 Å². The van der Waals surface area contributed by atoms with Gasteiger partial charge in [-0.2, -0.15) is 0 Å². The van der Waals surface area contributed by atoms with Crippen molar-refractivity contribution in [3.8, 4) is 78.4 Å². The summed E-state index contributed by atoms with van der Waals surface area (Å²) in [7, 11) is 0. The van der Waals surface area contributed by atoms with Crippen molar-refractivity contribution in [2.45, 2.75) is 19.3 Å². The van der Waals surface area contributed by atoms with E-state index in [-0.39, 0.29) is 5.41 Å². The normalized spacial score (nSPS) is 12.8. The number of fused-ring (bicyclic) bond motifs is 6. The number of hydrogen-bond acceptors (Lipinski definition) is 3. The van der Waals surface area contributed by atoms with Crippen LogP contribution in [-0.2, 0) is 5.41 Å². The van der Waals surface area contributed by atoms with Crippen LogP contribution in [-0.4, -0.2) is 9.97 Å². The van der Waals surface area contributed by atoms with Crippen molar-refractivity contribution in [1.29, 1.82) is 0 Å². The number of thiophene rings is 1. The van der Waals surface area contributed by atoms with Crippen LogP contribution in [0, 0.1) is 0 Å². The molecule has 8 aromatic carbocycles. The van der Waals surface area contributed by atoms with Gasteiger partial charge in [0, 0.05) is 42.3 Å². The lowest BCUT2D eigenvalue weighted by molar-refractivity contribution is 0.660. The van der Waals surface area contributed by atoms with Crippen molar-refractivity contribution in [3.63, 3.8) is 0 Å². The van der Waals surface area contributed by atoms with E-state index in [1.807, 2.05) is 35.6 Å². The molecule has 3 heteroatoms. The van der Waals surface area contributed by atoms with Gasteiger partial charge in [0.1, 0.15) is 0 Å². The van der Waals surface area contributed by atoms with Gasteiger partial charge < -0.3 is 0 Å². The zero-order valence-corrected chi connectivity index (χ0v) is 33.1. The molecule has 58 heavy (non-hydrogen) atoms. The molecule has 0 atom stereocenters. The predicted octanol–water partition coefficient (Wildman–Crippen LogP) is 15.2. The highest BCUT2D eigenvalue weighted by molar-refractivity contribution is 7.25. The molecule has 0 unspecified atom stereocenters. The smallest absolute Gasteiger partial charge is 0.160 e. The number of rotatable bonds is 6. The average Bonchev–Trinajstić information content (AvgIpc) is 3.78. The monoisotopic (exact) mass is 758 g/mol. The maximum absolute atomic E-state index is 5.26. The molecule has 2 nitrogen and oxygen atoms in total. The molecule has 0 fully saturated rings. The van der Waals surface area contributed by atoms with Crippen LogP contribution >= 0.6 is 11.3 Å². The van der Waals surface area contributed by atoms with Gasteiger partial charge in [0.05, 0.1) is 11.4 Å². The summed E-state index contributed by atoms with van der Waals surface area (Å²) in [6.45, 7) is 4.69. The van der Waals surface area contributed by atoms with Gasteiger partial charge in [0.2, 0.25) is 0 Å². The van der Waals surface area contributed by atoms with Gasteiger partial charge in [-0.1, -0.05) is 166 Å². The number of benzene rings is 8. The van der Waals surface area contributed by atoms with E-state index < -0.39 is 0 Å². The first kappa shape index (κ1) is 34.3. The van der Waals surface area contributed by atoms with E-state index in [1.165, 1.54) is 59.1 Å². The maximum atomic E-state index is 5.26. The summed E-state index contributed by atoms with van der Waals surface area (Å²) in [5.41, 5.74) is 17.4. The number of hydrogen-bond donors (Lipinski definition) is 0. The Labute approximate surface area is 342 Å². The zero-order valence-electron chi connectivity index (χ0n) is 32.3. The molecule has 11 rings (SSSR count). The summed E-state index contributed by atoms with van der Waals surface area (Å²) in [5, 5.41) is 2.58. The average molecular weight is 759 g/mol. The van der Waals surface area contributed by atoms with Crippen LogP contribution in [0.4, 0.5) is 0 Å². The lowest BCUT2D eigenvalue weighted by Gasteiger charge is -2.21. The molecule has 0 radical (unpaired) electrons. The SMILES string of the molecule is CC1(C)c2ccccc2-c2c(-c3ccc(-c4cc(-c5ccc6sc7ccccc7c6c5)cc(-c5cc(-c6ccccc6)nc(-c6ccccc6)n5)c4)cc3)cccc21. The van der Waals surface area contributed by atoms with E-state index in [0.717, 1.165) is 44.8 Å². The fraction of sp³-hybridized carbons (Fsp3) is 0.0545. The molecule has 0 spiro atoms. The summed E-state index contributed by atoms with van der Waals surface area (Å²) in [6, 6.07) is 70.2. The van der Waals surface area contributed by atoms with Gasteiger partial charge in [-0.05, 0) is 98.1 Å². The fourth-order valence-electron chi connectivity index (χ4n) is 8.92. The highest BCUT2D eigenvalue weighted by Crippen LogP contribution is 2.52. The Morgan fingerprint density at radius 3 is 1.72 bits per heavy atom. The van der Waals surface area contributed by atoms with E-state index in [9.17, 15) is 0 Å². The first-order chi connectivity index (χ1) is 28.5. The zero-order chi connectivity index (χ0) is 38.8. The molecule has 0 bridgehead atoms. The molecule has 10 aromatic rings. The van der Waals surface area contributed by atoms with Crippen LogP contribution < -0.4 is 0 Å². The van der Waals surface area contributed by atoms with Crippen molar-refractivity contribution in [2.75, 3.05) is 0 Å². The molecule has 2 aromatic heterocycles. The lowest BCUT2D eigenvalue weighted by Crippen LogP contribution is -2.14. The minimum Gasteiger partial charge on any atom is -0.228 e. The Morgan fingerprint density at radius 1 is 0.362 bits per heavy atom. The van der Waals surface area contributed by atoms with Crippen LogP contribution in [0.1, 0.15) is 25.0 Å². The molecule has 2 heterocycles. The number of nitrogens with zero attached hydrogens (tertiary/aromatic N) is 2. The third-order valence-electron chi connectivity index (χ3n) is 11.9. The van der Waals surface area contributed by atoms with Crippen molar-refractivity contribution in [3.05, 3.63) is 205 Å². The van der Waals surface area contributed by atoms with Crippen LogP contribution in [0.2, 0.25) is 0 Å². The van der Waals surface area contributed by atoms with Gasteiger partial charge in [0.15, 0.2) is 5.82 Å². The quantitative estimate of drug-likeness (QED) is 0.169. The fourth-order valence-corrected chi connectivity index (χ4v) is 10.0. The van der Waals surface area contributed by atoms with Gasteiger partial charge >= 0.3 is 0 Å². The molecule has 1 aliphatic rings. The second-order valence-corrected chi connectivity index (χ2v) is 16.9. The summed E-state index contributed by atoms with van der Waals surface area (Å²) < 4.78 is 2.61. The molecular weight excluding hydrogens is 721 g/mol. The van der Waals surface area contributed by atoms with E-state index in [1.54, 1.807) is 0 Å². The minimum absolute atomic E-state index is 0.0429. The first-order valence-corrected chi connectivity index (χ1v) is 20.7. The molecule has 1 aliphatic carbocycles. The number of aromatic nitrogens is 2. The summed E-state index contributed by atoms with van der Waals surface area (Å²) in [5.74, 6) is 0.708. The summed E-state index contributed by atoms with van der Waals surface area (Å²) in [4.78, 5) is 10.4. The van der Waals surface area contributed by atoms with Crippen LogP contribution in [0.3, 0.4) is 0 Å². The lowest BCUT2D eigenvalue weighted by atomic mass is 9.82. The molecule has 0 N–H and O–H groups in total. The van der Waals surface area contributed by atoms with E-state index in [4.69, 9.17) is 9.97 Å². The molecule has 0 aliphatic heterocycles. The Balaban J connectivity index is 1.08. The Bertz CT molecular complexity index is 3120. The Hall–Kier alpha value is -6.94.